The number of rotatable bonds is 6. The summed E-state index contributed by atoms with van der Waals surface area (Å²) in [5.74, 6) is -0.273. The molecule has 3 aromatic rings. The molecule has 2 aromatic carbocycles. The van der Waals surface area contributed by atoms with Crippen LogP contribution in [0.2, 0.25) is 0 Å². The van der Waals surface area contributed by atoms with Crippen molar-refractivity contribution in [2.24, 2.45) is 0 Å². The largest absolute Gasteiger partial charge is 0.376 e. The molecule has 1 unspecified atom stereocenters. The Morgan fingerprint density at radius 1 is 1.23 bits per heavy atom. The minimum atomic E-state index is -3.47. The van der Waals surface area contributed by atoms with E-state index < -0.39 is 15.1 Å². The van der Waals surface area contributed by atoms with Gasteiger partial charge in [-0.1, -0.05) is 29.5 Å². The summed E-state index contributed by atoms with van der Waals surface area (Å²) < 4.78 is 31.9. The van der Waals surface area contributed by atoms with Crippen molar-refractivity contribution in [3.8, 4) is 0 Å². The Morgan fingerprint density at radius 3 is 2.73 bits per heavy atom. The van der Waals surface area contributed by atoms with Gasteiger partial charge >= 0.3 is 0 Å². The number of anilines is 1. The topological polar surface area (TPSA) is 76.6 Å². The molecule has 1 atom stereocenters. The SMILES string of the molecule is CC(C)S(=O)(=O)c1cccc(C(=O)N(CC2CCCO2)c2nc3ccccc3s2)c1. The molecule has 8 heteroatoms. The van der Waals surface area contributed by atoms with E-state index in [-0.39, 0.29) is 16.9 Å². The zero-order valence-electron chi connectivity index (χ0n) is 16.9. The van der Waals surface area contributed by atoms with E-state index in [1.54, 1.807) is 30.9 Å². The van der Waals surface area contributed by atoms with Gasteiger partial charge in [0.05, 0.1) is 33.0 Å². The minimum absolute atomic E-state index is 0.0523. The Morgan fingerprint density at radius 2 is 2.03 bits per heavy atom. The van der Waals surface area contributed by atoms with E-state index in [4.69, 9.17) is 4.74 Å². The second-order valence-corrected chi connectivity index (χ2v) is 11.1. The number of ether oxygens (including phenoxy) is 1. The molecule has 0 spiro atoms. The highest BCUT2D eigenvalue weighted by Gasteiger charge is 2.28. The number of amides is 1. The van der Waals surface area contributed by atoms with Crippen molar-refractivity contribution in [1.82, 2.24) is 4.98 Å². The summed E-state index contributed by atoms with van der Waals surface area (Å²) >= 11 is 1.45. The molecule has 158 valence electrons. The predicted molar refractivity (Wildman–Crippen MR) is 119 cm³/mol. The summed E-state index contributed by atoms with van der Waals surface area (Å²) in [6.45, 7) is 4.35. The smallest absolute Gasteiger partial charge is 0.260 e. The van der Waals surface area contributed by atoms with Gasteiger partial charge in [0.25, 0.3) is 5.91 Å². The lowest BCUT2D eigenvalue weighted by atomic mass is 10.2. The summed E-state index contributed by atoms with van der Waals surface area (Å²) in [6.07, 6.45) is 1.80. The molecule has 0 radical (unpaired) electrons. The maximum absolute atomic E-state index is 13.5. The van der Waals surface area contributed by atoms with Gasteiger partial charge in [-0.15, -0.1) is 0 Å². The Balaban J connectivity index is 1.72. The van der Waals surface area contributed by atoms with Crippen LogP contribution < -0.4 is 4.90 Å². The van der Waals surface area contributed by atoms with Gasteiger partial charge in [-0.05, 0) is 57.0 Å². The Labute approximate surface area is 180 Å². The first-order valence-electron chi connectivity index (χ1n) is 9.99. The Bertz CT molecular complexity index is 1130. The number of aromatic nitrogens is 1. The number of carbonyl (C=O) groups is 1. The number of benzene rings is 2. The van der Waals surface area contributed by atoms with E-state index >= 15 is 0 Å². The quantitative estimate of drug-likeness (QED) is 0.566. The molecule has 0 bridgehead atoms. The minimum Gasteiger partial charge on any atom is -0.376 e. The number of hydrogen-bond acceptors (Lipinski definition) is 6. The molecule has 1 fully saturated rings. The number of nitrogens with zero attached hydrogens (tertiary/aromatic N) is 2. The molecule has 4 rings (SSSR count). The molecule has 6 nitrogen and oxygen atoms in total. The van der Waals surface area contributed by atoms with Crippen molar-refractivity contribution in [2.45, 2.75) is 42.9 Å². The summed E-state index contributed by atoms with van der Waals surface area (Å²) in [4.78, 5) is 19.9. The van der Waals surface area contributed by atoms with Crippen LogP contribution in [0, 0.1) is 0 Å². The van der Waals surface area contributed by atoms with E-state index in [0.29, 0.717) is 23.8 Å². The van der Waals surface area contributed by atoms with E-state index in [1.165, 1.54) is 23.5 Å². The first-order valence-corrected chi connectivity index (χ1v) is 12.4. The maximum atomic E-state index is 13.5. The van der Waals surface area contributed by atoms with Crippen LogP contribution in [0.25, 0.3) is 10.2 Å². The zero-order valence-corrected chi connectivity index (χ0v) is 18.6. The average molecular weight is 445 g/mol. The van der Waals surface area contributed by atoms with Crippen molar-refractivity contribution < 1.29 is 17.9 Å². The molecular weight excluding hydrogens is 420 g/mol. The van der Waals surface area contributed by atoms with Gasteiger partial charge in [0.1, 0.15) is 0 Å². The third kappa shape index (κ3) is 4.12. The van der Waals surface area contributed by atoms with Crippen molar-refractivity contribution >= 4 is 42.4 Å². The average Bonchev–Trinajstić information content (AvgIpc) is 3.40. The number of fused-ring (bicyclic) bond motifs is 1. The van der Waals surface area contributed by atoms with Crippen LogP contribution in [0.4, 0.5) is 5.13 Å². The zero-order chi connectivity index (χ0) is 21.3. The van der Waals surface area contributed by atoms with Crippen LogP contribution >= 0.6 is 11.3 Å². The van der Waals surface area contributed by atoms with E-state index in [1.807, 2.05) is 24.3 Å². The fourth-order valence-electron chi connectivity index (χ4n) is 3.45. The van der Waals surface area contributed by atoms with Crippen LogP contribution in [0.15, 0.2) is 53.4 Å². The molecule has 0 saturated carbocycles. The number of carbonyl (C=O) groups excluding carboxylic acids is 1. The van der Waals surface area contributed by atoms with Crippen LogP contribution in [0.3, 0.4) is 0 Å². The molecule has 0 aliphatic carbocycles. The number of sulfone groups is 1. The van der Waals surface area contributed by atoms with Crippen LogP contribution in [0.1, 0.15) is 37.0 Å². The molecule has 1 aliphatic heterocycles. The first kappa shape index (κ1) is 21.0. The second-order valence-electron chi connectivity index (χ2n) is 7.64. The highest BCUT2D eigenvalue weighted by atomic mass is 32.2. The Kier molecular flexibility index (Phi) is 5.90. The first-order chi connectivity index (χ1) is 14.4. The molecular formula is C22H24N2O4S2. The second kappa shape index (κ2) is 8.45. The number of para-hydroxylation sites is 1. The molecule has 1 aromatic heterocycles. The molecule has 1 aliphatic rings. The monoisotopic (exact) mass is 444 g/mol. The lowest BCUT2D eigenvalue weighted by Crippen LogP contribution is -2.37. The van der Waals surface area contributed by atoms with Gasteiger partial charge in [-0.25, -0.2) is 13.4 Å². The normalized spacial score (nSPS) is 17.0. The van der Waals surface area contributed by atoms with Gasteiger partial charge in [0, 0.05) is 12.2 Å². The van der Waals surface area contributed by atoms with E-state index in [0.717, 1.165) is 23.1 Å². The third-order valence-corrected chi connectivity index (χ3v) is 8.41. The molecule has 1 amide bonds. The fraction of sp³-hybridized carbons (Fsp3) is 0.364. The lowest BCUT2D eigenvalue weighted by molar-refractivity contribution is 0.0917. The standard InChI is InChI=1S/C22H24N2O4S2/c1-15(2)30(26,27)18-9-5-7-16(13-18)21(25)24(14-17-8-6-12-28-17)22-23-19-10-3-4-11-20(19)29-22/h3-5,7,9-11,13,15,17H,6,8,12,14H2,1-2H3. The summed E-state index contributed by atoms with van der Waals surface area (Å²) in [7, 11) is -3.47. The van der Waals surface area contributed by atoms with Gasteiger partial charge in [0.15, 0.2) is 15.0 Å². The molecule has 0 N–H and O–H groups in total. The number of hydrogen-bond donors (Lipinski definition) is 0. The number of thiazole rings is 1. The fourth-order valence-corrected chi connectivity index (χ4v) is 5.53. The highest BCUT2D eigenvalue weighted by Crippen LogP contribution is 2.31. The van der Waals surface area contributed by atoms with Crippen molar-refractivity contribution in [3.63, 3.8) is 0 Å². The van der Waals surface area contributed by atoms with Gasteiger partial charge < -0.3 is 4.74 Å². The van der Waals surface area contributed by atoms with Crippen molar-refractivity contribution in [3.05, 3.63) is 54.1 Å². The molecule has 1 saturated heterocycles. The summed E-state index contributed by atoms with van der Waals surface area (Å²) in [5.41, 5.74) is 1.16. The maximum Gasteiger partial charge on any atom is 0.260 e. The summed E-state index contributed by atoms with van der Waals surface area (Å²) in [5, 5.41) is 0.0314. The van der Waals surface area contributed by atoms with Crippen molar-refractivity contribution in [2.75, 3.05) is 18.1 Å². The van der Waals surface area contributed by atoms with Crippen LogP contribution in [-0.2, 0) is 14.6 Å². The highest BCUT2D eigenvalue weighted by molar-refractivity contribution is 7.92. The van der Waals surface area contributed by atoms with Gasteiger partial charge in [-0.2, -0.15) is 0 Å². The third-order valence-electron chi connectivity index (χ3n) is 5.20. The summed E-state index contributed by atoms with van der Waals surface area (Å²) in [6, 6.07) is 14.0. The Hall–Kier alpha value is -2.29. The molecule has 30 heavy (non-hydrogen) atoms. The van der Waals surface area contributed by atoms with Crippen molar-refractivity contribution in [1.29, 1.82) is 0 Å². The van der Waals surface area contributed by atoms with Crippen LogP contribution in [0.5, 0.6) is 0 Å². The van der Waals surface area contributed by atoms with Crippen LogP contribution in [-0.4, -0.2) is 43.8 Å². The van der Waals surface area contributed by atoms with Gasteiger partial charge in [0.2, 0.25) is 0 Å². The predicted octanol–water partition coefficient (Wildman–Crippen LogP) is 4.30. The van der Waals surface area contributed by atoms with E-state index in [9.17, 15) is 13.2 Å². The van der Waals surface area contributed by atoms with E-state index in [2.05, 4.69) is 4.98 Å². The molecule has 2 heterocycles. The lowest BCUT2D eigenvalue weighted by Gasteiger charge is -2.23. The van der Waals surface area contributed by atoms with Gasteiger partial charge in [-0.3, -0.25) is 9.69 Å².